The lowest BCUT2D eigenvalue weighted by molar-refractivity contribution is -0.387. The van der Waals surface area contributed by atoms with Crippen LogP contribution in [0.25, 0.3) is 0 Å². The number of carbonyl (C=O) groups excluding carboxylic acids is 5. The van der Waals surface area contributed by atoms with Crippen molar-refractivity contribution in [2.45, 2.75) is 74.6 Å². The number of hydrogen-bond donors (Lipinski definition) is 3. The molecular weight excluding hydrogens is 619 g/mol. The Bertz CT molecular complexity index is 1360. The standard InChI is InChI=1S/C31H39N5O7S2/c1-20(2)18-22(30(40)33-23(29(39)32-3)19-21-10-5-4-6-11-21)34-31(41)26(14-9-17-35-27(37)15-16-28(35)38)45-44-25-13-8-7-12-24(25)36(42)43/h4-8,10-13,20,22-23,26H,9,14-19H2,1-3H3,(H,32,39)(H,33,40)(H,34,41)/t22-,23-,26?/m0/s1. The number of benzene rings is 2. The predicted molar refractivity (Wildman–Crippen MR) is 173 cm³/mol. The quantitative estimate of drug-likeness (QED) is 0.0996. The van der Waals surface area contributed by atoms with Crippen molar-refractivity contribution < 1.29 is 28.9 Å². The summed E-state index contributed by atoms with van der Waals surface area (Å²) in [4.78, 5) is 76.7. The molecule has 14 heteroatoms. The molecule has 45 heavy (non-hydrogen) atoms. The lowest BCUT2D eigenvalue weighted by Crippen LogP contribution is -2.55. The molecule has 0 saturated carbocycles. The smallest absolute Gasteiger partial charge is 0.283 e. The lowest BCUT2D eigenvalue weighted by Gasteiger charge is -2.26. The first-order chi connectivity index (χ1) is 21.5. The van der Waals surface area contributed by atoms with Gasteiger partial charge in [-0.15, -0.1) is 0 Å². The molecule has 2 aromatic carbocycles. The van der Waals surface area contributed by atoms with Crippen molar-refractivity contribution in [3.05, 3.63) is 70.3 Å². The van der Waals surface area contributed by atoms with E-state index in [4.69, 9.17) is 0 Å². The summed E-state index contributed by atoms with van der Waals surface area (Å²) in [5.41, 5.74) is 0.757. The van der Waals surface area contributed by atoms with Gasteiger partial charge < -0.3 is 16.0 Å². The molecule has 12 nitrogen and oxygen atoms in total. The van der Waals surface area contributed by atoms with Gasteiger partial charge in [0.05, 0.1) is 15.1 Å². The van der Waals surface area contributed by atoms with E-state index in [9.17, 15) is 34.1 Å². The number of hydrogen-bond acceptors (Lipinski definition) is 9. The zero-order valence-electron chi connectivity index (χ0n) is 25.5. The Morgan fingerprint density at radius 2 is 1.53 bits per heavy atom. The van der Waals surface area contributed by atoms with Crippen molar-refractivity contribution in [3.63, 3.8) is 0 Å². The highest BCUT2D eigenvalue weighted by Crippen LogP contribution is 2.41. The van der Waals surface area contributed by atoms with Crippen LogP contribution in [-0.2, 0) is 30.4 Å². The highest BCUT2D eigenvalue weighted by molar-refractivity contribution is 8.77. The van der Waals surface area contributed by atoms with Crippen LogP contribution in [0.2, 0.25) is 0 Å². The molecule has 242 valence electrons. The van der Waals surface area contributed by atoms with Gasteiger partial charge in [0.15, 0.2) is 0 Å². The summed E-state index contributed by atoms with van der Waals surface area (Å²) in [5.74, 6) is -1.83. The van der Waals surface area contributed by atoms with Crippen LogP contribution in [0.4, 0.5) is 5.69 Å². The normalized spacial score (nSPS) is 15.0. The van der Waals surface area contributed by atoms with Crippen molar-refractivity contribution in [2.24, 2.45) is 5.92 Å². The Hall–Kier alpha value is -3.91. The number of likely N-dealkylation sites (tertiary alicyclic amines) is 1. The summed E-state index contributed by atoms with van der Waals surface area (Å²) >= 11 is 0. The minimum atomic E-state index is -0.957. The second-order valence-corrected chi connectivity index (χ2v) is 13.5. The third-order valence-corrected chi connectivity index (χ3v) is 9.94. The summed E-state index contributed by atoms with van der Waals surface area (Å²) in [6.07, 6.45) is 1.46. The number of nitro groups is 1. The molecule has 2 aromatic rings. The Balaban J connectivity index is 1.77. The summed E-state index contributed by atoms with van der Waals surface area (Å²) in [5, 5.41) is 19.0. The van der Waals surface area contributed by atoms with Crippen molar-refractivity contribution in [3.8, 4) is 0 Å². The molecule has 0 aliphatic carbocycles. The Morgan fingerprint density at radius 3 is 2.16 bits per heavy atom. The second-order valence-electron chi connectivity index (χ2n) is 11.0. The minimum Gasteiger partial charge on any atom is -0.357 e. The number of nitrogens with one attached hydrogen (secondary N) is 3. The fourth-order valence-electron chi connectivity index (χ4n) is 4.79. The number of para-hydroxylation sites is 1. The van der Waals surface area contributed by atoms with E-state index >= 15 is 0 Å². The molecular formula is C31H39N5O7S2. The van der Waals surface area contributed by atoms with Gasteiger partial charge in [0, 0.05) is 38.9 Å². The third kappa shape index (κ3) is 10.9. The van der Waals surface area contributed by atoms with E-state index in [1.807, 2.05) is 44.2 Å². The summed E-state index contributed by atoms with van der Waals surface area (Å²) in [6.45, 7) is 3.97. The molecule has 1 saturated heterocycles. The Labute approximate surface area is 270 Å². The van der Waals surface area contributed by atoms with Crippen molar-refractivity contribution in [1.29, 1.82) is 0 Å². The average molecular weight is 658 g/mol. The monoisotopic (exact) mass is 657 g/mol. The molecule has 0 radical (unpaired) electrons. The zero-order chi connectivity index (χ0) is 32.9. The van der Waals surface area contributed by atoms with Gasteiger partial charge in [0.1, 0.15) is 12.1 Å². The largest absolute Gasteiger partial charge is 0.357 e. The highest BCUT2D eigenvalue weighted by atomic mass is 33.1. The number of nitro benzene ring substituents is 1. The molecule has 1 aliphatic heterocycles. The van der Waals surface area contributed by atoms with Gasteiger partial charge in [-0.3, -0.25) is 39.0 Å². The first-order valence-electron chi connectivity index (χ1n) is 14.8. The highest BCUT2D eigenvalue weighted by Gasteiger charge is 2.32. The maximum absolute atomic E-state index is 13.7. The molecule has 1 unspecified atom stereocenters. The van der Waals surface area contributed by atoms with E-state index in [0.717, 1.165) is 27.2 Å². The van der Waals surface area contributed by atoms with Crippen LogP contribution in [-0.4, -0.2) is 70.3 Å². The van der Waals surface area contributed by atoms with Gasteiger partial charge in [0.25, 0.3) is 5.69 Å². The molecule has 3 N–H and O–H groups in total. The number of likely N-dealkylation sites (N-methyl/N-ethyl adjacent to an activating group) is 1. The van der Waals surface area contributed by atoms with Gasteiger partial charge in [-0.05, 0) is 47.6 Å². The fraction of sp³-hybridized carbons (Fsp3) is 0.452. The Kier molecular flexibility index (Phi) is 13.9. The summed E-state index contributed by atoms with van der Waals surface area (Å²) in [6, 6.07) is 13.6. The SMILES string of the molecule is CNC(=O)[C@H](Cc1ccccc1)NC(=O)[C@H](CC(C)C)NC(=O)C(CCCN1C(=O)CCC1=O)SSc1ccccc1[N+](=O)[O-]. The molecule has 1 fully saturated rings. The first kappa shape index (κ1) is 35.6. The summed E-state index contributed by atoms with van der Waals surface area (Å²) < 4.78 is 0. The topological polar surface area (TPSA) is 168 Å². The number of rotatable bonds is 17. The van der Waals surface area contributed by atoms with Crippen LogP contribution in [0, 0.1) is 16.0 Å². The van der Waals surface area contributed by atoms with Gasteiger partial charge in [-0.1, -0.05) is 67.1 Å². The van der Waals surface area contributed by atoms with E-state index in [-0.39, 0.29) is 61.6 Å². The van der Waals surface area contributed by atoms with Crippen molar-refractivity contribution >= 4 is 56.8 Å². The van der Waals surface area contributed by atoms with Gasteiger partial charge in [-0.25, -0.2) is 0 Å². The van der Waals surface area contributed by atoms with Crippen LogP contribution >= 0.6 is 21.6 Å². The lowest BCUT2D eigenvalue weighted by atomic mass is 10.0. The number of amides is 5. The van der Waals surface area contributed by atoms with E-state index < -0.39 is 34.1 Å². The molecule has 1 heterocycles. The second kappa shape index (κ2) is 17.5. The van der Waals surface area contributed by atoms with Crippen LogP contribution in [0.3, 0.4) is 0 Å². The predicted octanol–water partition coefficient (Wildman–Crippen LogP) is 3.64. The average Bonchev–Trinajstić information content (AvgIpc) is 3.34. The molecule has 3 rings (SSSR count). The van der Waals surface area contributed by atoms with Crippen molar-refractivity contribution in [2.75, 3.05) is 13.6 Å². The van der Waals surface area contributed by atoms with E-state index in [1.54, 1.807) is 18.2 Å². The molecule has 0 bridgehead atoms. The van der Waals surface area contributed by atoms with E-state index in [2.05, 4.69) is 16.0 Å². The maximum Gasteiger partial charge on any atom is 0.283 e. The molecule has 5 amide bonds. The zero-order valence-corrected chi connectivity index (χ0v) is 27.2. The van der Waals surface area contributed by atoms with Crippen molar-refractivity contribution in [1.82, 2.24) is 20.9 Å². The molecule has 1 aliphatic rings. The summed E-state index contributed by atoms with van der Waals surface area (Å²) in [7, 11) is 3.67. The number of carbonyl (C=O) groups is 5. The fourth-order valence-corrected chi connectivity index (χ4v) is 7.42. The number of nitrogens with zero attached hydrogens (tertiary/aromatic N) is 2. The van der Waals surface area contributed by atoms with Crippen LogP contribution in [0.1, 0.15) is 51.5 Å². The van der Waals surface area contributed by atoms with Gasteiger partial charge in [0.2, 0.25) is 29.5 Å². The van der Waals surface area contributed by atoms with Crippen LogP contribution < -0.4 is 16.0 Å². The first-order valence-corrected chi connectivity index (χ1v) is 17.0. The Morgan fingerprint density at radius 1 is 0.911 bits per heavy atom. The molecule has 0 spiro atoms. The van der Waals surface area contributed by atoms with Gasteiger partial charge in [-0.2, -0.15) is 0 Å². The molecule has 0 aromatic heterocycles. The van der Waals surface area contributed by atoms with Crippen LogP contribution in [0.5, 0.6) is 0 Å². The van der Waals surface area contributed by atoms with Crippen LogP contribution in [0.15, 0.2) is 59.5 Å². The minimum absolute atomic E-state index is 0.0215. The maximum atomic E-state index is 13.7. The van der Waals surface area contributed by atoms with E-state index in [1.165, 1.54) is 18.0 Å². The van der Waals surface area contributed by atoms with Gasteiger partial charge >= 0.3 is 0 Å². The third-order valence-electron chi connectivity index (χ3n) is 7.11. The molecule has 3 atom stereocenters. The van der Waals surface area contributed by atoms with E-state index in [0.29, 0.717) is 17.7 Å². The number of imide groups is 1.